The van der Waals surface area contributed by atoms with Crippen molar-refractivity contribution < 1.29 is 9.53 Å². The Labute approximate surface area is 149 Å². The fourth-order valence-electron chi connectivity index (χ4n) is 3.33. The molecule has 1 aromatic heterocycles. The predicted octanol–water partition coefficient (Wildman–Crippen LogP) is 2.15. The number of nitrogens with zero attached hydrogens (tertiary/aromatic N) is 2. The SMILES string of the molecule is Cn1cccc1[C@@H](CNC(=O)CCc1ccccc1)N1CCOCC1. The summed E-state index contributed by atoms with van der Waals surface area (Å²) in [5.41, 5.74) is 2.43. The van der Waals surface area contributed by atoms with E-state index in [2.05, 4.69) is 52.3 Å². The van der Waals surface area contributed by atoms with Crippen LogP contribution >= 0.6 is 0 Å². The molecule has 134 valence electrons. The van der Waals surface area contributed by atoms with Crippen molar-refractivity contribution in [3.63, 3.8) is 0 Å². The summed E-state index contributed by atoms with van der Waals surface area (Å²) in [6, 6.07) is 14.5. The number of hydrogen-bond acceptors (Lipinski definition) is 3. The van der Waals surface area contributed by atoms with Crippen LogP contribution < -0.4 is 5.32 Å². The Morgan fingerprint density at radius 1 is 1.16 bits per heavy atom. The number of rotatable bonds is 7. The molecule has 25 heavy (non-hydrogen) atoms. The number of aryl methyl sites for hydroxylation is 2. The fraction of sp³-hybridized carbons (Fsp3) is 0.450. The lowest BCUT2D eigenvalue weighted by Gasteiger charge is -2.35. The van der Waals surface area contributed by atoms with E-state index in [1.165, 1.54) is 11.3 Å². The molecule has 5 heteroatoms. The molecule has 0 bridgehead atoms. The normalized spacial score (nSPS) is 16.5. The van der Waals surface area contributed by atoms with E-state index in [1.807, 2.05) is 18.2 Å². The van der Waals surface area contributed by atoms with Crippen molar-refractivity contribution in [1.82, 2.24) is 14.8 Å². The Morgan fingerprint density at radius 2 is 1.92 bits per heavy atom. The second kappa shape index (κ2) is 8.83. The number of ether oxygens (including phenoxy) is 1. The van der Waals surface area contributed by atoms with E-state index in [-0.39, 0.29) is 11.9 Å². The van der Waals surface area contributed by atoms with Gasteiger partial charge in [0.2, 0.25) is 5.91 Å². The molecule has 1 atom stereocenters. The van der Waals surface area contributed by atoms with Crippen molar-refractivity contribution in [1.29, 1.82) is 0 Å². The smallest absolute Gasteiger partial charge is 0.220 e. The number of nitrogens with one attached hydrogen (secondary N) is 1. The topological polar surface area (TPSA) is 46.5 Å². The van der Waals surface area contributed by atoms with Crippen LogP contribution in [0.5, 0.6) is 0 Å². The number of hydrogen-bond donors (Lipinski definition) is 1. The average Bonchev–Trinajstić information content (AvgIpc) is 3.08. The Hall–Kier alpha value is -2.11. The Morgan fingerprint density at radius 3 is 2.60 bits per heavy atom. The van der Waals surface area contributed by atoms with Crippen LogP contribution in [0.4, 0.5) is 0 Å². The van der Waals surface area contributed by atoms with Crippen molar-refractivity contribution in [2.45, 2.75) is 18.9 Å². The molecule has 2 heterocycles. The maximum atomic E-state index is 12.3. The lowest BCUT2D eigenvalue weighted by molar-refractivity contribution is -0.121. The molecule has 5 nitrogen and oxygen atoms in total. The van der Waals surface area contributed by atoms with Crippen LogP contribution in [0, 0.1) is 0 Å². The van der Waals surface area contributed by atoms with Gasteiger partial charge in [0.1, 0.15) is 0 Å². The summed E-state index contributed by atoms with van der Waals surface area (Å²) in [5, 5.41) is 3.13. The van der Waals surface area contributed by atoms with E-state index in [0.717, 1.165) is 32.7 Å². The van der Waals surface area contributed by atoms with E-state index < -0.39 is 0 Å². The molecule has 0 saturated carbocycles. The first-order valence-electron chi connectivity index (χ1n) is 8.97. The first kappa shape index (κ1) is 17.7. The average molecular weight is 341 g/mol. The standard InChI is InChI=1S/C20H27N3O2/c1-22-11-5-8-18(22)19(23-12-14-25-15-13-23)16-21-20(24)10-9-17-6-3-2-4-7-17/h2-8,11,19H,9-10,12-16H2,1H3,(H,21,24)/t19-/m1/s1. The van der Waals surface area contributed by atoms with Gasteiger partial charge in [0.15, 0.2) is 0 Å². The molecule has 0 aliphatic carbocycles. The van der Waals surface area contributed by atoms with Crippen LogP contribution in [-0.4, -0.2) is 48.2 Å². The molecule has 0 radical (unpaired) electrons. The lowest BCUT2D eigenvalue weighted by Crippen LogP contribution is -2.44. The van der Waals surface area contributed by atoms with Crippen LogP contribution in [0.2, 0.25) is 0 Å². The first-order valence-corrected chi connectivity index (χ1v) is 8.97. The minimum Gasteiger partial charge on any atom is -0.379 e. The van der Waals surface area contributed by atoms with Gasteiger partial charge in [-0.05, 0) is 24.1 Å². The van der Waals surface area contributed by atoms with Gasteiger partial charge in [-0.15, -0.1) is 0 Å². The molecule has 3 rings (SSSR count). The van der Waals surface area contributed by atoms with Crippen LogP contribution in [0.3, 0.4) is 0 Å². The fourth-order valence-corrected chi connectivity index (χ4v) is 3.33. The van der Waals surface area contributed by atoms with Gasteiger partial charge < -0.3 is 14.6 Å². The molecule has 0 spiro atoms. The number of morpholine rings is 1. The summed E-state index contributed by atoms with van der Waals surface area (Å²) in [6.45, 7) is 3.93. The van der Waals surface area contributed by atoms with Crippen LogP contribution in [0.1, 0.15) is 23.7 Å². The van der Waals surface area contributed by atoms with Gasteiger partial charge in [0.05, 0.1) is 19.3 Å². The minimum atomic E-state index is 0.108. The van der Waals surface area contributed by atoms with Crippen molar-refractivity contribution in [3.05, 3.63) is 59.9 Å². The monoisotopic (exact) mass is 341 g/mol. The molecule has 1 aromatic carbocycles. The number of benzene rings is 1. The minimum absolute atomic E-state index is 0.108. The van der Waals surface area contributed by atoms with Crippen LogP contribution in [0.15, 0.2) is 48.7 Å². The van der Waals surface area contributed by atoms with Gasteiger partial charge >= 0.3 is 0 Å². The van der Waals surface area contributed by atoms with Gasteiger partial charge in [-0.3, -0.25) is 9.69 Å². The van der Waals surface area contributed by atoms with Crippen molar-refractivity contribution in [2.75, 3.05) is 32.8 Å². The van der Waals surface area contributed by atoms with E-state index in [9.17, 15) is 4.79 Å². The molecule has 1 amide bonds. The van der Waals surface area contributed by atoms with E-state index >= 15 is 0 Å². The number of amides is 1. The number of aromatic nitrogens is 1. The highest BCUT2D eigenvalue weighted by Gasteiger charge is 2.24. The maximum absolute atomic E-state index is 12.3. The number of carbonyl (C=O) groups excluding carboxylic acids is 1. The molecular weight excluding hydrogens is 314 g/mol. The van der Waals surface area contributed by atoms with Crippen LogP contribution in [0.25, 0.3) is 0 Å². The summed E-state index contributed by atoms with van der Waals surface area (Å²) in [4.78, 5) is 14.7. The summed E-state index contributed by atoms with van der Waals surface area (Å²) in [5.74, 6) is 0.108. The van der Waals surface area contributed by atoms with Crippen molar-refractivity contribution in [3.8, 4) is 0 Å². The highest BCUT2D eigenvalue weighted by atomic mass is 16.5. The number of carbonyl (C=O) groups is 1. The summed E-state index contributed by atoms with van der Waals surface area (Å²) >= 11 is 0. The van der Waals surface area contributed by atoms with Crippen molar-refractivity contribution in [2.24, 2.45) is 7.05 Å². The second-order valence-electron chi connectivity index (χ2n) is 6.50. The third-order valence-corrected chi connectivity index (χ3v) is 4.79. The second-order valence-corrected chi connectivity index (χ2v) is 6.50. The summed E-state index contributed by atoms with van der Waals surface area (Å²) in [6.07, 6.45) is 3.35. The molecule has 1 aliphatic heterocycles. The van der Waals surface area contributed by atoms with E-state index in [4.69, 9.17) is 4.74 Å². The largest absolute Gasteiger partial charge is 0.379 e. The highest BCUT2D eigenvalue weighted by Crippen LogP contribution is 2.21. The Balaban J connectivity index is 1.56. The van der Waals surface area contributed by atoms with Gasteiger partial charge in [-0.1, -0.05) is 30.3 Å². The first-order chi connectivity index (χ1) is 12.2. The van der Waals surface area contributed by atoms with Gasteiger partial charge in [0.25, 0.3) is 0 Å². The van der Waals surface area contributed by atoms with Gasteiger partial charge in [0, 0.05) is 45.0 Å². The molecule has 2 aromatic rings. The lowest BCUT2D eigenvalue weighted by atomic mass is 10.1. The zero-order valence-electron chi connectivity index (χ0n) is 14.9. The van der Waals surface area contributed by atoms with Crippen LogP contribution in [-0.2, 0) is 23.0 Å². The molecule has 1 N–H and O–H groups in total. The molecule has 1 aliphatic rings. The predicted molar refractivity (Wildman–Crippen MR) is 98.3 cm³/mol. The zero-order valence-corrected chi connectivity index (χ0v) is 14.9. The quantitative estimate of drug-likeness (QED) is 0.839. The third-order valence-electron chi connectivity index (χ3n) is 4.79. The summed E-state index contributed by atoms with van der Waals surface area (Å²) < 4.78 is 7.61. The van der Waals surface area contributed by atoms with E-state index in [1.54, 1.807) is 0 Å². The molecular formula is C20H27N3O2. The maximum Gasteiger partial charge on any atom is 0.220 e. The molecule has 1 fully saturated rings. The van der Waals surface area contributed by atoms with Crippen molar-refractivity contribution >= 4 is 5.91 Å². The van der Waals surface area contributed by atoms with Gasteiger partial charge in [-0.2, -0.15) is 0 Å². The van der Waals surface area contributed by atoms with Gasteiger partial charge in [-0.25, -0.2) is 0 Å². The third kappa shape index (κ3) is 4.94. The zero-order chi connectivity index (χ0) is 17.5. The molecule has 1 saturated heterocycles. The Bertz CT molecular complexity index is 663. The summed E-state index contributed by atoms with van der Waals surface area (Å²) in [7, 11) is 2.06. The molecule has 0 unspecified atom stereocenters. The highest BCUT2D eigenvalue weighted by molar-refractivity contribution is 5.76. The Kier molecular flexibility index (Phi) is 6.25. The van der Waals surface area contributed by atoms with E-state index in [0.29, 0.717) is 13.0 Å².